The predicted molar refractivity (Wildman–Crippen MR) is 78.2 cm³/mol. The van der Waals surface area contributed by atoms with Crippen LogP contribution in [0.4, 0.5) is 0 Å². The molecule has 2 aliphatic heterocycles. The topological polar surface area (TPSA) is 52.7 Å². The first-order valence-corrected chi connectivity index (χ1v) is 7.60. The van der Waals surface area contributed by atoms with E-state index < -0.39 is 0 Å². The molecule has 0 aromatic rings. The van der Waals surface area contributed by atoms with E-state index in [4.69, 9.17) is 0 Å². The highest BCUT2D eigenvalue weighted by atomic mass is 16.2. The van der Waals surface area contributed by atoms with Crippen LogP contribution in [0.1, 0.15) is 32.6 Å². The fraction of sp³-hybridized carbons (Fsp3) is 0.733. The van der Waals surface area contributed by atoms with Crippen LogP contribution in [-0.2, 0) is 9.59 Å². The van der Waals surface area contributed by atoms with Gasteiger partial charge in [0.1, 0.15) is 0 Å². The molecule has 112 valence electrons. The predicted octanol–water partition coefficient (Wildman–Crippen LogP) is 0.766. The summed E-state index contributed by atoms with van der Waals surface area (Å²) in [4.78, 5) is 27.4. The van der Waals surface area contributed by atoms with Crippen LogP contribution >= 0.6 is 0 Å². The molecule has 0 spiro atoms. The third kappa shape index (κ3) is 4.63. The van der Waals surface area contributed by atoms with Crippen molar-refractivity contribution < 1.29 is 9.59 Å². The zero-order valence-corrected chi connectivity index (χ0v) is 12.3. The van der Waals surface area contributed by atoms with E-state index in [-0.39, 0.29) is 17.9 Å². The SMILES string of the molecule is CC(=O)NC1CCCN(C(=O)/C=C/CN2CCCC2)C1. The Bertz CT molecular complexity index is 375. The van der Waals surface area contributed by atoms with E-state index in [1.165, 1.54) is 19.8 Å². The second-order valence-electron chi connectivity index (χ2n) is 5.73. The first-order chi connectivity index (χ1) is 9.65. The van der Waals surface area contributed by atoms with Gasteiger partial charge in [-0.05, 0) is 38.8 Å². The third-order valence-electron chi connectivity index (χ3n) is 3.96. The maximum atomic E-state index is 12.1. The maximum absolute atomic E-state index is 12.1. The molecular weight excluding hydrogens is 254 g/mol. The zero-order valence-electron chi connectivity index (χ0n) is 12.3. The highest BCUT2D eigenvalue weighted by Crippen LogP contribution is 2.11. The number of piperidine rings is 1. The van der Waals surface area contributed by atoms with Crippen molar-refractivity contribution >= 4 is 11.8 Å². The van der Waals surface area contributed by atoms with Gasteiger partial charge in [0.15, 0.2) is 0 Å². The lowest BCUT2D eigenvalue weighted by atomic mass is 10.1. The van der Waals surface area contributed by atoms with Crippen molar-refractivity contribution in [2.45, 2.75) is 38.6 Å². The van der Waals surface area contributed by atoms with Crippen LogP contribution < -0.4 is 5.32 Å². The molecule has 5 heteroatoms. The Morgan fingerprint density at radius 2 is 1.95 bits per heavy atom. The molecule has 2 aliphatic rings. The number of carbonyl (C=O) groups excluding carboxylic acids is 2. The lowest BCUT2D eigenvalue weighted by Crippen LogP contribution is -2.48. The molecule has 0 saturated carbocycles. The highest BCUT2D eigenvalue weighted by Gasteiger charge is 2.22. The molecule has 20 heavy (non-hydrogen) atoms. The minimum atomic E-state index is -0.0196. The number of rotatable bonds is 4. The lowest BCUT2D eigenvalue weighted by molar-refractivity contribution is -0.128. The van der Waals surface area contributed by atoms with Gasteiger partial charge in [-0.25, -0.2) is 0 Å². The van der Waals surface area contributed by atoms with E-state index >= 15 is 0 Å². The highest BCUT2D eigenvalue weighted by molar-refractivity contribution is 5.87. The van der Waals surface area contributed by atoms with Gasteiger partial charge < -0.3 is 10.2 Å². The summed E-state index contributed by atoms with van der Waals surface area (Å²) in [6.45, 7) is 6.11. The molecule has 0 aromatic heterocycles. The van der Waals surface area contributed by atoms with Gasteiger partial charge in [-0.15, -0.1) is 0 Å². The maximum Gasteiger partial charge on any atom is 0.246 e. The molecular formula is C15H25N3O2. The van der Waals surface area contributed by atoms with Crippen molar-refractivity contribution in [1.82, 2.24) is 15.1 Å². The van der Waals surface area contributed by atoms with Crippen LogP contribution in [0.5, 0.6) is 0 Å². The van der Waals surface area contributed by atoms with Gasteiger partial charge in [0.25, 0.3) is 0 Å². The first-order valence-electron chi connectivity index (χ1n) is 7.60. The Hall–Kier alpha value is -1.36. The van der Waals surface area contributed by atoms with Crippen molar-refractivity contribution in [3.8, 4) is 0 Å². The fourth-order valence-corrected chi connectivity index (χ4v) is 2.96. The van der Waals surface area contributed by atoms with E-state index in [1.54, 1.807) is 6.08 Å². The summed E-state index contributed by atoms with van der Waals surface area (Å²) in [5.74, 6) is 0.0492. The monoisotopic (exact) mass is 279 g/mol. The Labute approximate surface area is 121 Å². The molecule has 1 atom stereocenters. The number of nitrogens with zero attached hydrogens (tertiary/aromatic N) is 2. The molecule has 0 radical (unpaired) electrons. The van der Waals surface area contributed by atoms with Crippen LogP contribution in [0.15, 0.2) is 12.2 Å². The Balaban J connectivity index is 1.75. The van der Waals surface area contributed by atoms with E-state index in [1.807, 2.05) is 11.0 Å². The molecule has 2 fully saturated rings. The van der Waals surface area contributed by atoms with Crippen molar-refractivity contribution in [1.29, 1.82) is 0 Å². The summed E-state index contributed by atoms with van der Waals surface area (Å²) in [5, 5.41) is 2.90. The number of amides is 2. The molecule has 0 aromatic carbocycles. The first kappa shape index (κ1) is 15.0. The van der Waals surface area contributed by atoms with Gasteiger partial charge in [0, 0.05) is 38.7 Å². The fourth-order valence-electron chi connectivity index (χ4n) is 2.96. The molecule has 0 aliphatic carbocycles. The lowest BCUT2D eigenvalue weighted by Gasteiger charge is -2.32. The summed E-state index contributed by atoms with van der Waals surface area (Å²) in [7, 11) is 0. The van der Waals surface area contributed by atoms with Crippen LogP contribution in [0, 0.1) is 0 Å². The quantitative estimate of drug-likeness (QED) is 0.773. The Morgan fingerprint density at radius 1 is 1.20 bits per heavy atom. The molecule has 2 rings (SSSR count). The number of hydrogen-bond acceptors (Lipinski definition) is 3. The minimum Gasteiger partial charge on any atom is -0.352 e. The van der Waals surface area contributed by atoms with E-state index in [0.29, 0.717) is 6.54 Å². The number of hydrogen-bond donors (Lipinski definition) is 1. The van der Waals surface area contributed by atoms with Crippen molar-refractivity contribution in [3.05, 3.63) is 12.2 Å². The zero-order chi connectivity index (χ0) is 14.4. The van der Waals surface area contributed by atoms with Crippen molar-refractivity contribution in [2.24, 2.45) is 0 Å². The molecule has 1 unspecified atom stereocenters. The summed E-state index contributed by atoms with van der Waals surface area (Å²) < 4.78 is 0. The number of carbonyl (C=O) groups is 2. The van der Waals surface area contributed by atoms with Crippen molar-refractivity contribution in [2.75, 3.05) is 32.7 Å². The Morgan fingerprint density at radius 3 is 2.65 bits per heavy atom. The summed E-state index contributed by atoms with van der Waals surface area (Å²) >= 11 is 0. The summed E-state index contributed by atoms with van der Waals surface area (Å²) in [6.07, 6.45) is 8.11. The second-order valence-corrected chi connectivity index (χ2v) is 5.73. The largest absolute Gasteiger partial charge is 0.352 e. The van der Waals surface area contributed by atoms with Gasteiger partial charge in [-0.3, -0.25) is 14.5 Å². The summed E-state index contributed by atoms with van der Waals surface area (Å²) in [5.41, 5.74) is 0. The van der Waals surface area contributed by atoms with Gasteiger partial charge in [-0.1, -0.05) is 6.08 Å². The van der Waals surface area contributed by atoms with Gasteiger partial charge in [0.2, 0.25) is 11.8 Å². The van der Waals surface area contributed by atoms with E-state index in [0.717, 1.165) is 39.0 Å². The van der Waals surface area contributed by atoms with Crippen LogP contribution in [0.25, 0.3) is 0 Å². The third-order valence-corrected chi connectivity index (χ3v) is 3.96. The average molecular weight is 279 g/mol. The normalized spacial score (nSPS) is 24.2. The molecule has 0 bridgehead atoms. The summed E-state index contributed by atoms with van der Waals surface area (Å²) in [6, 6.07) is 0.109. The molecule has 2 saturated heterocycles. The van der Waals surface area contributed by atoms with Gasteiger partial charge in [-0.2, -0.15) is 0 Å². The smallest absolute Gasteiger partial charge is 0.246 e. The van der Waals surface area contributed by atoms with Crippen molar-refractivity contribution in [3.63, 3.8) is 0 Å². The molecule has 2 heterocycles. The average Bonchev–Trinajstić information content (AvgIpc) is 2.91. The minimum absolute atomic E-state index is 0.0196. The van der Waals surface area contributed by atoms with Gasteiger partial charge in [0.05, 0.1) is 0 Å². The molecule has 2 amide bonds. The van der Waals surface area contributed by atoms with Crippen LogP contribution in [0.2, 0.25) is 0 Å². The molecule has 1 N–H and O–H groups in total. The van der Waals surface area contributed by atoms with Crippen LogP contribution in [0.3, 0.4) is 0 Å². The second kappa shape index (κ2) is 7.43. The van der Waals surface area contributed by atoms with Crippen LogP contribution in [-0.4, -0.2) is 60.4 Å². The van der Waals surface area contributed by atoms with Gasteiger partial charge >= 0.3 is 0 Å². The number of likely N-dealkylation sites (tertiary alicyclic amines) is 2. The van der Waals surface area contributed by atoms with E-state index in [2.05, 4.69) is 10.2 Å². The Kier molecular flexibility index (Phi) is 5.59. The standard InChI is InChI=1S/C15H25N3O2/c1-13(19)16-14-6-4-11-18(12-14)15(20)7-5-10-17-8-2-3-9-17/h5,7,14H,2-4,6,8-12H2,1H3,(H,16,19)/b7-5+. The molecule has 5 nitrogen and oxygen atoms in total. The van der Waals surface area contributed by atoms with E-state index in [9.17, 15) is 9.59 Å². The number of nitrogens with one attached hydrogen (secondary N) is 1.